The van der Waals surface area contributed by atoms with Crippen LogP contribution in [0.25, 0.3) is 0 Å². The van der Waals surface area contributed by atoms with E-state index in [-0.39, 0.29) is 29.9 Å². The SMILES string of the molecule is COCO[C@H]1CC[C@@]23CC(C)=C[C@@]12CC(=O)O3. The number of esters is 1. The van der Waals surface area contributed by atoms with Crippen molar-refractivity contribution in [1.29, 1.82) is 0 Å². The molecule has 0 aromatic rings. The molecule has 94 valence electrons. The molecule has 0 amide bonds. The minimum absolute atomic E-state index is 0.0475. The number of ether oxygens (including phenoxy) is 3. The summed E-state index contributed by atoms with van der Waals surface area (Å²) in [5, 5.41) is 0. The van der Waals surface area contributed by atoms with Crippen molar-refractivity contribution in [2.45, 2.75) is 44.3 Å². The van der Waals surface area contributed by atoms with Crippen LogP contribution in [0.5, 0.6) is 0 Å². The van der Waals surface area contributed by atoms with E-state index >= 15 is 0 Å². The Kier molecular flexibility index (Phi) is 2.35. The third kappa shape index (κ3) is 1.34. The van der Waals surface area contributed by atoms with Crippen molar-refractivity contribution in [2.75, 3.05) is 13.9 Å². The van der Waals surface area contributed by atoms with E-state index in [1.807, 2.05) is 0 Å². The Morgan fingerprint density at radius 3 is 3.12 bits per heavy atom. The molecule has 1 saturated heterocycles. The van der Waals surface area contributed by atoms with Gasteiger partial charge in [-0.2, -0.15) is 0 Å². The first kappa shape index (κ1) is 11.2. The standard InChI is InChI=1S/C13H18O4/c1-9-5-12-7-11(14)17-13(12,6-9)4-3-10(12)16-8-15-2/h5,10H,3-4,6-8H2,1-2H3/t10-,12+,13+/m0/s1. The quantitative estimate of drug-likeness (QED) is 0.427. The fraction of sp³-hybridized carbons (Fsp3) is 0.769. The van der Waals surface area contributed by atoms with Gasteiger partial charge in [-0.15, -0.1) is 0 Å². The zero-order chi connectivity index (χ0) is 12.1. The van der Waals surface area contributed by atoms with Crippen LogP contribution in [0.1, 0.15) is 32.6 Å². The second kappa shape index (κ2) is 3.56. The zero-order valence-electron chi connectivity index (χ0n) is 10.3. The zero-order valence-corrected chi connectivity index (χ0v) is 10.3. The fourth-order valence-electron chi connectivity index (χ4n) is 3.95. The monoisotopic (exact) mass is 238 g/mol. The lowest BCUT2D eigenvalue weighted by molar-refractivity contribution is -0.150. The number of methoxy groups -OCH3 is 1. The molecule has 1 heterocycles. The largest absolute Gasteiger partial charge is 0.458 e. The van der Waals surface area contributed by atoms with Gasteiger partial charge in [-0.1, -0.05) is 11.6 Å². The predicted molar refractivity (Wildman–Crippen MR) is 60.2 cm³/mol. The maximum atomic E-state index is 11.6. The van der Waals surface area contributed by atoms with E-state index in [4.69, 9.17) is 14.2 Å². The summed E-state index contributed by atoms with van der Waals surface area (Å²) in [5.74, 6) is -0.0838. The van der Waals surface area contributed by atoms with Crippen LogP contribution >= 0.6 is 0 Å². The van der Waals surface area contributed by atoms with Gasteiger partial charge in [0.2, 0.25) is 0 Å². The molecule has 17 heavy (non-hydrogen) atoms. The second-order valence-corrected chi connectivity index (χ2v) is 5.45. The van der Waals surface area contributed by atoms with Crippen molar-refractivity contribution < 1.29 is 19.0 Å². The number of rotatable bonds is 3. The molecule has 0 spiro atoms. The lowest BCUT2D eigenvalue weighted by atomic mass is 9.75. The Labute approximate surface area is 101 Å². The maximum absolute atomic E-state index is 11.6. The van der Waals surface area contributed by atoms with E-state index in [0.29, 0.717) is 6.42 Å². The van der Waals surface area contributed by atoms with Crippen LogP contribution in [0, 0.1) is 5.41 Å². The molecule has 3 atom stereocenters. The molecular weight excluding hydrogens is 220 g/mol. The van der Waals surface area contributed by atoms with Gasteiger partial charge in [0.15, 0.2) is 0 Å². The molecule has 3 aliphatic rings. The van der Waals surface area contributed by atoms with E-state index < -0.39 is 0 Å². The number of hydrogen-bond acceptors (Lipinski definition) is 4. The average Bonchev–Trinajstić information content (AvgIpc) is 2.73. The summed E-state index contributed by atoms with van der Waals surface area (Å²) in [7, 11) is 1.62. The smallest absolute Gasteiger partial charge is 0.307 e. The average molecular weight is 238 g/mol. The molecule has 0 aromatic heterocycles. The molecule has 3 rings (SSSR count). The maximum Gasteiger partial charge on any atom is 0.307 e. The van der Waals surface area contributed by atoms with Gasteiger partial charge in [0, 0.05) is 13.5 Å². The highest BCUT2D eigenvalue weighted by atomic mass is 16.7. The van der Waals surface area contributed by atoms with Crippen molar-refractivity contribution >= 4 is 5.97 Å². The van der Waals surface area contributed by atoms with Crippen LogP contribution in [0.2, 0.25) is 0 Å². The van der Waals surface area contributed by atoms with Gasteiger partial charge in [-0.05, 0) is 19.8 Å². The first-order valence-electron chi connectivity index (χ1n) is 6.13. The van der Waals surface area contributed by atoms with Crippen LogP contribution in [-0.4, -0.2) is 31.6 Å². The summed E-state index contributed by atoms with van der Waals surface area (Å²) in [6, 6.07) is 0. The van der Waals surface area contributed by atoms with E-state index in [2.05, 4.69) is 13.0 Å². The van der Waals surface area contributed by atoms with E-state index in [9.17, 15) is 4.79 Å². The van der Waals surface area contributed by atoms with E-state index in [1.165, 1.54) is 5.57 Å². The molecule has 0 N–H and O–H groups in total. The highest BCUT2D eigenvalue weighted by Gasteiger charge is 2.69. The van der Waals surface area contributed by atoms with E-state index in [0.717, 1.165) is 19.3 Å². The molecule has 0 bridgehead atoms. The molecular formula is C13H18O4. The predicted octanol–water partition coefficient (Wildman–Crippen LogP) is 1.79. The highest BCUT2D eigenvalue weighted by molar-refractivity contribution is 5.76. The third-order valence-corrected chi connectivity index (χ3v) is 4.43. The summed E-state index contributed by atoms with van der Waals surface area (Å²) < 4.78 is 16.4. The van der Waals surface area contributed by atoms with Crippen LogP contribution in [0.4, 0.5) is 0 Å². The second-order valence-electron chi connectivity index (χ2n) is 5.45. The first-order valence-corrected chi connectivity index (χ1v) is 6.13. The molecule has 2 fully saturated rings. The van der Waals surface area contributed by atoms with Crippen molar-refractivity contribution in [3.8, 4) is 0 Å². The van der Waals surface area contributed by atoms with Crippen molar-refractivity contribution in [2.24, 2.45) is 5.41 Å². The van der Waals surface area contributed by atoms with Crippen LogP contribution in [-0.2, 0) is 19.0 Å². The molecule has 0 radical (unpaired) electrons. The van der Waals surface area contributed by atoms with Crippen molar-refractivity contribution in [3.05, 3.63) is 11.6 Å². The van der Waals surface area contributed by atoms with Gasteiger partial charge in [-0.3, -0.25) is 4.79 Å². The number of carbonyl (C=O) groups is 1. The van der Waals surface area contributed by atoms with Crippen LogP contribution < -0.4 is 0 Å². The van der Waals surface area contributed by atoms with Gasteiger partial charge in [0.05, 0.1) is 17.9 Å². The van der Waals surface area contributed by atoms with Gasteiger partial charge >= 0.3 is 5.97 Å². The molecule has 4 nitrogen and oxygen atoms in total. The Morgan fingerprint density at radius 1 is 1.53 bits per heavy atom. The summed E-state index contributed by atoms with van der Waals surface area (Å²) in [6.45, 7) is 2.39. The third-order valence-electron chi connectivity index (χ3n) is 4.43. The molecule has 4 heteroatoms. The Balaban J connectivity index is 1.93. The molecule has 0 unspecified atom stereocenters. The summed E-state index contributed by atoms with van der Waals surface area (Å²) in [5.41, 5.74) is 0.766. The summed E-state index contributed by atoms with van der Waals surface area (Å²) in [4.78, 5) is 11.6. The minimum Gasteiger partial charge on any atom is -0.458 e. The molecule has 1 saturated carbocycles. The van der Waals surface area contributed by atoms with Gasteiger partial charge < -0.3 is 14.2 Å². The van der Waals surface area contributed by atoms with Crippen molar-refractivity contribution in [1.82, 2.24) is 0 Å². The fourth-order valence-corrected chi connectivity index (χ4v) is 3.95. The summed E-state index contributed by atoms with van der Waals surface area (Å²) >= 11 is 0. The van der Waals surface area contributed by atoms with Crippen LogP contribution in [0.3, 0.4) is 0 Å². The first-order chi connectivity index (χ1) is 8.12. The minimum atomic E-state index is -0.313. The normalized spacial score (nSPS) is 43.3. The van der Waals surface area contributed by atoms with E-state index in [1.54, 1.807) is 7.11 Å². The number of hydrogen-bond donors (Lipinski definition) is 0. The van der Waals surface area contributed by atoms with Crippen molar-refractivity contribution in [3.63, 3.8) is 0 Å². The Bertz CT molecular complexity index is 389. The number of carbonyl (C=O) groups excluding carboxylic acids is 1. The lowest BCUT2D eigenvalue weighted by Gasteiger charge is -2.34. The lowest BCUT2D eigenvalue weighted by Crippen LogP contribution is -2.42. The summed E-state index contributed by atoms with van der Waals surface area (Å²) in [6.07, 6.45) is 5.43. The topological polar surface area (TPSA) is 44.8 Å². The molecule has 1 aliphatic heterocycles. The molecule has 2 aliphatic carbocycles. The van der Waals surface area contributed by atoms with Gasteiger partial charge in [0.1, 0.15) is 12.4 Å². The molecule has 0 aromatic carbocycles. The van der Waals surface area contributed by atoms with Gasteiger partial charge in [0.25, 0.3) is 0 Å². The van der Waals surface area contributed by atoms with Gasteiger partial charge in [-0.25, -0.2) is 0 Å². The Morgan fingerprint density at radius 2 is 2.35 bits per heavy atom. The Hall–Kier alpha value is -0.870. The highest BCUT2D eigenvalue weighted by Crippen LogP contribution is 2.63. The van der Waals surface area contributed by atoms with Crippen LogP contribution in [0.15, 0.2) is 11.6 Å².